The fourth-order valence-electron chi connectivity index (χ4n) is 2.02. The van der Waals surface area contributed by atoms with Crippen LogP contribution in [0.2, 0.25) is 0 Å². The van der Waals surface area contributed by atoms with Crippen molar-refractivity contribution in [2.24, 2.45) is 0 Å². The normalized spacial score (nSPS) is 10.8. The zero-order valence-electron chi connectivity index (χ0n) is 12.2. The summed E-state index contributed by atoms with van der Waals surface area (Å²) in [6.45, 7) is -2.83. The van der Waals surface area contributed by atoms with Crippen molar-refractivity contribution in [3.05, 3.63) is 58.4 Å². The molecule has 2 heterocycles. The van der Waals surface area contributed by atoms with Crippen molar-refractivity contribution in [1.82, 2.24) is 10.3 Å². The van der Waals surface area contributed by atoms with Crippen LogP contribution >= 0.6 is 22.7 Å². The first-order valence-electron chi connectivity index (χ1n) is 6.94. The number of amides is 1. The van der Waals surface area contributed by atoms with Gasteiger partial charge in [0.2, 0.25) is 0 Å². The third-order valence-corrected chi connectivity index (χ3v) is 4.98. The van der Waals surface area contributed by atoms with Gasteiger partial charge in [-0.2, -0.15) is 8.78 Å². The van der Waals surface area contributed by atoms with Gasteiger partial charge in [-0.15, -0.1) is 22.7 Å². The summed E-state index contributed by atoms with van der Waals surface area (Å²) in [7, 11) is 0. The number of alkyl halides is 2. The summed E-state index contributed by atoms with van der Waals surface area (Å²) in [5.41, 5.74) is 0.774. The average molecular weight is 366 g/mol. The Balaban J connectivity index is 1.66. The molecule has 0 unspecified atom stereocenters. The molecule has 4 nitrogen and oxygen atoms in total. The summed E-state index contributed by atoms with van der Waals surface area (Å²) in [5, 5.41) is 7.06. The van der Waals surface area contributed by atoms with Gasteiger partial charge in [0.05, 0.1) is 4.88 Å². The smallest absolute Gasteiger partial charge is 0.387 e. The molecule has 0 atom stereocenters. The van der Waals surface area contributed by atoms with Crippen molar-refractivity contribution in [2.45, 2.75) is 13.2 Å². The second kappa shape index (κ2) is 7.50. The van der Waals surface area contributed by atoms with Crippen molar-refractivity contribution >= 4 is 28.6 Å². The molecule has 0 aliphatic rings. The summed E-state index contributed by atoms with van der Waals surface area (Å²) in [4.78, 5) is 17.5. The van der Waals surface area contributed by atoms with Crippen LogP contribution in [0.1, 0.15) is 16.1 Å². The Morgan fingerprint density at radius 3 is 2.79 bits per heavy atom. The van der Waals surface area contributed by atoms with Gasteiger partial charge in [0.15, 0.2) is 0 Å². The van der Waals surface area contributed by atoms with Gasteiger partial charge in [0.25, 0.3) is 5.91 Å². The maximum atomic E-state index is 12.4. The minimum atomic E-state index is -2.91. The molecule has 1 aromatic carbocycles. The first-order valence-corrected chi connectivity index (χ1v) is 8.70. The molecule has 1 amide bonds. The monoisotopic (exact) mass is 366 g/mol. The number of thiazole rings is 1. The van der Waals surface area contributed by atoms with Gasteiger partial charge in [-0.05, 0) is 17.5 Å². The third-order valence-electron chi connectivity index (χ3n) is 3.10. The van der Waals surface area contributed by atoms with Crippen LogP contribution in [-0.4, -0.2) is 17.5 Å². The Morgan fingerprint density at radius 1 is 1.21 bits per heavy atom. The Hall–Kier alpha value is -2.32. The molecule has 3 rings (SSSR count). The standard InChI is InChI=1S/C16H12F2N2O2S2/c17-16(18)22-12-5-2-1-4-10(12)8-19-14(21)11-9-24-15(20-11)13-6-3-7-23-13/h1-7,9,16H,8H2,(H,19,21). The summed E-state index contributed by atoms with van der Waals surface area (Å²) in [6, 6.07) is 10.2. The SMILES string of the molecule is O=C(NCc1ccccc1OC(F)F)c1csc(-c2cccs2)n1. The van der Waals surface area contributed by atoms with E-state index in [4.69, 9.17) is 0 Å². The molecule has 0 radical (unpaired) electrons. The molecule has 0 aliphatic heterocycles. The molecule has 24 heavy (non-hydrogen) atoms. The quantitative estimate of drug-likeness (QED) is 0.703. The topological polar surface area (TPSA) is 51.2 Å². The number of nitrogens with zero attached hydrogens (tertiary/aromatic N) is 1. The molecular weight excluding hydrogens is 354 g/mol. The van der Waals surface area contributed by atoms with Crippen molar-refractivity contribution in [3.8, 4) is 15.6 Å². The summed E-state index contributed by atoms with van der Waals surface area (Å²) >= 11 is 2.93. The van der Waals surface area contributed by atoms with Gasteiger partial charge in [-0.25, -0.2) is 4.98 Å². The first-order chi connectivity index (χ1) is 11.6. The molecule has 3 aromatic rings. The van der Waals surface area contributed by atoms with E-state index in [0.29, 0.717) is 11.3 Å². The van der Waals surface area contributed by atoms with Crippen molar-refractivity contribution < 1.29 is 18.3 Å². The van der Waals surface area contributed by atoms with E-state index < -0.39 is 6.61 Å². The van der Waals surface area contributed by atoms with Gasteiger partial charge in [0.1, 0.15) is 16.5 Å². The van der Waals surface area contributed by atoms with E-state index >= 15 is 0 Å². The highest BCUT2D eigenvalue weighted by atomic mass is 32.1. The van der Waals surface area contributed by atoms with E-state index in [-0.39, 0.29) is 18.2 Å². The molecule has 0 fully saturated rings. The van der Waals surface area contributed by atoms with Gasteiger partial charge in [-0.1, -0.05) is 24.3 Å². The Kier molecular flexibility index (Phi) is 5.17. The Morgan fingerprint density at radius 2 is 2.04 bits per heavy atom. The molecular formula is C16H12F2N2O2S2. The zero-order valence-corrected chi connectivity index (χ0v) is 13.9. The fraction of sp³-hybridized carbons (Fsp3) is 0.125. The van der Waals surface area contributed by atoms with Gasteiger partial charge < -0.3 is 10.1 Å². The number of carbonyl (C=O) groups is 1. The second-order valence-electron chi connectivity index (χ2n) is 4.68. The van der Waals surface area contributed by atoms with Crippen LogP contribution in [-0.2, 0) is 6.54 Å². The molecule has 1 N–H and O–H groups in total. The van der Waals surface area contributed by atoms with Crippen molar-refractivity contribution in [1.29, 1.82) is 0 Å². The van der Waals surface area contributed by atoms with Crippen LogP contribution in [0, 0.1) is 0 Å². The van der Waals surface area contributed by atoms with E-state index in [1.807, 2.05) is 17.5 Å². The highest BCUT2D eigenvalue weighted by Crippen LogP contribution is 2.27. The zero-order chi connectivity index (χ0) is 16.9. The lowest BCUT2D eigenvalue weighted by molar-refractivity contribution is -0.0504. The number of benzene rings is 1. The predicted molar refractivity (Wildman–Crippen MR) is 89.7 cm³/mol. The predicted octanol–water partition coefficient (Wildman–Crippen LogP) is 4.40. The lowest BCUT2D eigenvalue weighted by Crippen LogP contribution is -2.23. The van der Waals surface area contributed by atoms with E-state index in [0.717, 1.165) is 9.88 Å². The molecule has 0 spiro atoms. The van der Waals surface area contributed by atoms with Crippen molar-refractivity contribution in [2.75, 3.05) is 0 Å². The maximum absolute atomic E-state index is 12.4. The number of nitrogens with one attached hydrogen (secondary N) is 1. The average Bonchev–Trinajstić information content (AvgIpc) is 3.24. The summed E-state index contributed by atoms with van der Waals surface area (Å²) < 4.78 is 29.2. The number of hydrogen-bond donors (Lipinski definition) is 1. The largest absolute Gasteiger partial charge is 0.434 e. The first kappa shape index (κ1) is 16.5. The van der Waals surface area contributed by atoms with Crippen LogP contribution in [0.5, 0.6) is 5.75 Å². The number of thiophene rings is 1. The Bertz CT molecular complexity index is 819. The van der Waals surface area contributed by atoms with Crippen molar-refractivity contribution in [3.63, 3.8) is 0 Å². The molecule has 0 bridgehead atoms. The van der Waals surface area contributed by atoms with Crippen LogP contribution in [0.3, 0.4) is 0 Å². The van der Waals surface area contributed by atoms with E-state index in [1.54, 1.807) is 34.9 Å². The van der Waals surface area contributed by atoms with E-state index in [9.17, 15) is 13.6 Å². The van der Waals surface area contributed by atoms with Gasteiger partial charge >= 0.3 is 6.61 Å². The van der Waals surface area contributed by atoms with E-state index in [2.05, 4.69) is 15.0 Å². The minimum Gasteiger partial charge on any atom is -0.434 e. The fourth-order valence-corrected chi connectivity index (χ4v) is 3.63. The number of hydrogen-bond acceptors (Lipinski definition) is 5. The minimum absolute atomic E-state index is 0.0466. The molecule has 0 saturated heterocycles. The van der Waals surface area contributed by atoms with E-state index in [1.165, 1.54) is 17.4 Å². The van der Waals surface area contributed by atoms with Crippen LogP contribution < -0.4 is 10.1 Å². The molecule has 8 heteroatoms. The highest BCUT2D eigenvalue weighted by molar-refractivity contribution is 7.20. The lowest BCUT2D eigenvalue weighted by Gasteiger charge is -2.10. The maximum Gasteiger partial charge on any atom is 0.387 e. The number of ether oxygens (including phenoxy) is 1. The number of para-hydroxylation sites is 1. The van der Waals surface area contributed by atoms with Crippen LogP contribution in [0.4, 0.5) is 8.78 Å². The molecule has 0 saturated carbocycles. The van der Waals surface area contributed by atoms with Gasteiger partial charge in [-0.3, -0.25) is 4.79 Å². The number of rotatable bonds is 6. The summed E-state index contributed by atoms with van der Waals surface area (Å²) in [5.74, 6) is -0.314. The summed E-state index contributed by atoms with van der Waals surface area (Å²) in [6.07, 6.45) is 0. The number of carbonyl (C=O) groups excluding carboxylic acids is 1. The molecule has 124 valence electrons. The van der Waals surface area contributed by atoms with Crippen LogP contribution in [0.15, 0.2) is 47.2 Å². The molecule has 0 aliphatic carbocycles. The molecule has 2 aromatic heterocycles. The van der Waals surface area contributed by atoms with Gasteiger partial charge in [0, 0.05) is 17.5 Å². The highest BCUT2D eigenvalue weighted by Gasteiger charge is 2.14. The lowest BCUT2D eigenvalue weighted by atomic mass is 10.2. The Labute approximate surface area is 144 Å². The third kappa shape index (κ3) is 3.95. The number of aromatic nitrogens is 1. The second-order valence-corrected chi connectivity index (χ2v) is 6.49. The number of halogens is 2. The van der Waals surface area contributed by atoms with Crippen LogP contribution in [0.25, 0.3) is 9.88 Å².